The van der Waals surface area contributed by atoms with Gasteiger partial charge in [-0.25, -0.2) is 4.39 Å². The van der Waals surface area contributed by atoms with Crippen molar-refractivity contribution in [1.82, 2.24) is 10.2 Å². The molecule has 7 heteroatoms. The molecule has 0 saturated heterocycles. The van der Waals surface area contributed by atoms with Gasteiger partial charge >= 0.3 is 5.97 Å². The van der Waals surface area contributed by atoms with Crippen LogP contribution in [0, 0.1) is 5.82 Å². The summed E-state index contributed by atoms with van der Waals surface area (Å²) < 4.78 is 13.0. The van der Waals surface area contributed by atoms with Crippen molar-refractivity contribution in [3.63, 3.8) is 0 Å². The van der Waals surface area contributed by atoms with Gasteiger partial charge in [-0.05, 0) is 24.6 Å². The molecule has 114 valence electrons. The molecule has 2 N–H and O–H groups in total. The molecule has 2 amide bonds. The zero-order chi connectivity index (χ0) is 15.8. The maximum absolute atomic E-state index is 13.0. The van der Waals surface area contributed by atoms with E-state index in [-0.39, 0.29) is 12.1 Å². The molecular weight excluding hydrogens is 279 g/mol. The molecule has 0 saturated carbocycles. The largest absolute Gasteiger partial charge is 0.480 e. The van der Waals surface area contributed by atoms with Gasteiger partial charge in [0.25, 0.3) is 5.91 Å². The molecule has 0 heterocycles. The summed E-state index contributed by atoms with van der Waals surface area (Å²) >= 11 is 0. The van der Waals surface area contributed by atoms with E-state index in [1.807, 2.05) is 6.92 Å². The topological polar surface area (TPSA) is 86.7 Å². The quantitative estimate of drug-likeness (QED) is 0.782. The Bertz CT molecular complexity index is 533. The van der Waals surface area contributed by atoms with Gasteiger partial charge in [-0.2, -0.15) is 0 Å². The summed E-state index contributed by atoms with van der Waals surface area (Å²) in [5.74, 6) is -2.75. The molecule has 0 aromatic heterocycles. The number of hydrogen-bond acceptors (Lipinski definition) is 3. The van der Waals surface area contributed by atoms with E-state index in [9.17, 15) is 18.8 Å². The number of carboxylic acids is 1. The van der Waals surface area contributed by atoms with Crippen LogP contribution in [-0.2, 0) is 9.59 Å². The van der Waals surface area contributed by atoms with E-state index in [1.54, 1.807) is 0 Å². The molecule has 21 heavy (non-hydrogen) atoms. The van der Waals surface area contributed by atoms with E-state index < -0.39 is 30.1 Å². The molecule has 0 atom stereocenters. The minimum atomic E-state index is -1.12. The van der Waals surface area contributed by atoms with Crippen LogP contribution in [0.1, 0.15) is 23.7 Å². The van der Waals surface area contributed by atoms with Crippen molar-refractivity contribution in [2.75, 3.05) is 19.6 Å². The number of hydrogen-bond donors (Lipinski definition) is 2. The minimum absolute atomic E-state index is 0.100. The Kier molecular flexibility index (Phi) is 6.32. The van der Waals surface area contributed by atoms with Crippen molar-refractivity contribution in [2.24, 2.45) is 0 Å². The molecule has 0 fully saturated rings. The number of nitrogens with zero attached hydrogens (tertiary/aromatic N) is 1. The first-order chi connectivity index (χ1) is 9.93. The molecule has 0 spiro atoms. The molecule has 0 bridgehead atoms. The average molecular weight is 296 g/mol. The van der Waals surface area contributed by atoms with Gasteiger partial charge in [0, 0.05) is 12.1 Å². The lowest BCUT2D eigenvalue weighted by Crippen LogP contribution is -2.42. The van der Waals surface area contributed by atoms with Crippen molar-refractivity contribution in [3.8, 4) is 0 Å². The SMILES string of the molecule is CCCN(CC(=O)O)C(=O)CNC(=O)c1cccc(F)c1. The van der Waals surface area contributed by atoms with Crippen LogP contribution in [0.3, 0.4) is 0 Å². The summed E-state index contributed by atoms with van der Waals surface area (Å²) in [5.41, 5.74) is 0.100. The fourth-order valence-electron chi connectivity index (χ4n) is 1.72. The zero-order valence-electron chi connectivity index (χ0n) is 11.6. The van der Waals surface area contributed by atoms with Crippen molar-refractivity contribution >= 4 is 17.8 Å². The van der Waals surface area contributed by atoms with Gasteiger partial charge in [0.2, 0.25) is 5.91 Å². The third kappa shape index (κ3) is 5.60. The molecule has 0 unspecified atom stereocenters. The maximum Gasteiger partial charge on any atom is 0.323 e. The molecule has 0 aliphatic heterocycles. The van der Waals surface area contributed by atoms with Crippen LogP contribution in [0.25, 0.3) is 0 Å². The summed E-state index contributed by atoms with van der Waals surface area (Å²) in [5, 5.41) is 11.1. The highest BCUT2D eigenvalue weighted by molar-refractivity contribution is 5.96. The Morgan fingerprint density at radius 3 is 2.62 bits per heavy atom. The fraction of sp³-hybridized carbons (Fsp3) is 0.357. The monoisotopic (exact) mass is 296 g/mol. The van der Waals surface area contributed by atoms with Crippen LogP contribution < -0.4 is 5.32 Å². The molecule has 0 radical (unpaired) electrons. The first-order valence-electron chi connectivity index (χ1n) is 6.47. The van der Waals surface area contributed by atoms with Gasteiger partial charge in [-0.1, -0.05) is 13.0 Å². The molecular formula is C14H17FN2O4. The van der Waals surface area contributed by atoms with Crippen LogP contribution in [0.4, 0.5) is 4.39 Å². The third-order valence-electron chi connectivity index (χ3n) is 2.66. The number of carbonyl (C=O) groups excluding carboxylic acids is 2. The van der Waals surface area contributed by atoms with Crippen LogP contribution >= 0.6 is 0 Å². The Balaban J connectivity index is 2.58. The van der Waals surface area contributed by atoms with Gasteiger partial charge in [-0.3, -0.25) is 14.4 Å². The summed E-state index contributed by atoms with van der Waals surface area (Å²) in [7, 11) is 0. The van der Waals surface area contributed by atoms with E-state index >= 15 is 0 Å². The fourth-order valence-corrected chi connectivity index (χ4v) is 1.72. The number of carboxylic acid groups (broad SMARTS) is 1. The normalized spacial score (nSPS) is 10.0. The number of carbonyl (C=O) groups is 3. The number of aliphatic carboxylic acids is 1. The highest BCUT2D eigenvalue weighted by atomic mass is 19.1. The summed E-state index contributed by atoms with van der Waals surface area (Å²) in [6.07, 6.45) is 0.608. The first-order valence-corrected chi connectivity index (χ1v) is 6.47. The van der Waals surface area contributed by atoms with Crippen LogP contribution in [0.5, 0.6) is 0 Å². The molecule has 1 aromatic carbocycles. The highest BCUT2D eigenvalue weighted by Crippen LogP contribution is 2.03. The lowest BCUT2D eigenvalue weighted by Gasteiger charge is -2.20. The van der Waals surface area contributed by atoms with E-state index in [1.165, 1.54) is 18.2 Å². The second-order valence-corrected chi connectivity index (χ2v) is 4.40. The first kappa shape index (κ1) is 16.6. The Morgan fingerprint density at radius 2 is 2.05 bits per heavy atom. The van der Waals surface area contributed by atoms with Crippen molar-refractivity contribution < 1.29 is 23.9 Å². The van der Waals surface area contributed by atoms with Crippen molar-refractivity contribution in [1.29, 1.82) is 0 Å². The number of amides is 2. The summed E-state index contributed by atoms with van der Waals surface area (Å²) in [6, 6.07) is 5.07. The van der Waals surface area contributed by atoms with E-state index in [2.05, 4.69) is 5.32 Å². The van der Waals surface area contributed by atoms with Crippen LogP contribution in [0.2, 0.25) is 0 Å². The second kappa shape index (κ2) is 7.98. The van der Waals surface area contributed by atoms with Gasteiger partial charge in [0.1, 0.15) is 12.4 Å². The van der Waals surface area contributed by atoms with Crippen LogP contribution in [0.15, 0.2) is 24.3 Å². The second-order valence-electron chi connectivity index (χ2n) is 4.40. The molecule has 1 rings (SSSR count). The van der Waals surface area contributed by atoms with Crippen molar-refractivity contribution in [2.45, 2.75) is 13.3 Å². The molecule has 1 aromatic rings. The smallest absolute Gasteiger partial charge is 0.323 e. The van der Waals surface area contributed by atoms with Gasteiger partial charge < -0.3 is 15.3 Å². The maximum atomic E-state index is 13.0. The molecule has 6 nitrogen and oxygen atoms in total. The number of nitrogens with one attached hydrogen (secondary N) is 1. The molecule has 0 aliphatic rings. The summed E-state index contributed by atoms with van der Waals surface area (Å²) in [4.78, 5) is 35.4. The van der Waals surface area contributed by atoms with E-state index in [4.69, 9.17) is 5.11 Å². The van der Waals surface area contributed by atoms with E-state index in [0.717, 1.165) is 11.0 Å². The van der Waals surface area contributed by atoms with Gasteiger partial charge in [0.05, 0.1) is 6.54 Å². The lowest BCUT2D eigenvalue weighted by molar-refractivity contribution is -0.144. The highest BCUT2D eigenvalue weighted by Gasteiger charge is 2.17. The van der Waals surface area contributed by atoms with Crippen molar-refractivity contribution in [3.05, 3.63) is 35.6 Å². The Labute approximate surface area is 121 Å². The third-order valence-corrected chi connectivity index (χ3v) is 2.66. The standard InChI is InChI=1S/C14H17FN2O4/c1-2-6-17(9-13(19)20)12(18)8-16-14(21)10-4-3-5-11(15)7-10/h3-5,7H,2,6,8-9H2,1H3,(H,16,21)(H,19,20). The number of benzene rings is 1. The number of halogens is 1. The van der Waals surface area contributed by atoms with Gasteiger partial charge in [-0.15, -0.1) is 0 Å². The predicted octanol–water partition coefficient (Wildman–Crippen LogP) is 0.879. The van der Waals surface area contributed by atoms with E-state index in [0.29, 0.717) is 13.0 Å². The number of rotatable bonds is 7. The lowest BCUT2D eigenvalue weighted by atomic mass is 10.2. The summed E-state index contributed by atoms with van der Waals surface area (Å²) in [6.45, 7) is 1.36. The average Bonchev–Trinajstić information content (AvgIpc) is 2.43. The Morgan fingerprint density at radius 1 is 1.33 bits per heavy atom. The molecule has 0 aliphatic carbocycles. The minimum Gasteiger partial charge on any atom is -0.480 e. The zero-order valence-corrected chi connectivity index (χ0v) is 11.6. The Hall–Kier alpha value is -2.44. The van der Waals surface area contributed by atoms with Gasteiger partial charge in [0.15, 0.2) is 0 Å². The predicted molar refractivity (Wildman–Crippen MR) is 73.2 cm³/mol. The van der Waals surface area contributed by atoms with Crippen LogP contribution in [-0.4, -0.2) is 47.4 Å².